The van der Waals surface area contributed by atoms with Crippen molar-refractivity contribution in [3.63, 3.8) is 0 Å². The monoisotopic (exact) mass is 426 g/mol. The SMILES string of the molecule is O=C(COC(=O)c1ccc2c(=O)n3c(nc2c1)CCCCCC3)c1ccc(F)c(F)c1. The van der Waals surface area contributed by atoms with E-state index in [0.29, 0.717) is 29.7 Å². The van der Waals surface area contributed by atoms with Crippen molar-refractivity contribution < 1.29 is 23.1 Å². The standard InChI is InChI=1S/C23H20F2N2O4/c24-17-9-7-14(11-18(17)25)20(28)13-31-23(30)15-6-8-16-19(12-15)26-21-5-3-1-2-4-10-27(21)22(16)29/h6-9,11-12H,1-5,10,13H2. The van der Waals surface area contributed by atoms with Crippen LogP contribution in [0.2, 0.25) is 0 Å². The first-order chi connectivity index (χ1) is 14.9. The molecule has 2 aromatic carbocycles. The Balaban J connectivity index is 1.54. The van der Waals surface area contributed by atoms with Gasteiger partial charge in [-0.2, -0.15) is 0 Å². The summed E-state index contributed by atoms with van der Waals surface area (Å²) in [6.07, 6.45) is 4.75. The average Bonchev–Trinajstić information content (AvgIpc) is 2.74. The zero-order chi connectivity index (χ0) is 22.0. The van der Waals surface area contributed by atoms with E-state index in [1.54, 1.807) is 4.57 Å². The number of esters is 1. The predicted octanol–water partition coefficient (Wildman–Crippen LogP) is 3.83. The number of carbonyl (C=O) groups excluding carboxylic acids is 2. The third-order valence-corrected chi connectivity index (χ3v) is 5.38. The predicted molar refractivity (Wildman–Crippen MR) is 109 cm³/mol. The van der Waals surface area contributed by atoms with E-state index in [1.165, 1.54) is 18.2 Å². The van der Waals surface area contributed by atoms with Gasteiger partial charge in [-0.05, 0) is 49.2 Å². The minimum absolute atomic E-state index is 0.0986. The summed E-state index contributed by atoms with van der Waals surface area (Å²) in [6, 6.07) is 7.17. The lowest BCUT2D eigenvalue weighted by Gasteiger charge is -2.16. The number of hydrogen-bond donors (Lipinski definition) is 0. The summed E-state index contributed by atoms with van der Waals surface area (Å²) >= 11 is 0. The normalized spacial score (nSPS) is 13.9. The molecule has 0 spiro atoms. The highest BCUT2D eigenvalue weighted by Crippen LogP contribution is 2.17. The fourth-order valence-electron chi connectivity index (χ4n) is 3.69. The molecule has 1 aliphatic rings. The molecule has 2 heterocycles. The third kappa shape index (κ3) is 4.38. The summed E-state index contributed by atoms with van der Waals surface area (Å²) < 4.78 is 33.0. The van der Waals surface area contributed by atoms with Gasteiger partial charge in [0, 0.05) is 18.5 Å². The molecule has 31 heavy (non-hydrogen) atoms. The molecular formula is C23H20F2N2O4. The maximum absolute atomic E-state index is 13.3. The van der Waals surface area contributed by atoms with E-state index in [2.05, 4.69) is 4.98 Å². The van der Waals surface area contributed by atoms with Crippen LogP contribution in [0, 0.1) is 11.6 Å². The van der Waals surface area contributed by atoms with Gasteiger partial charge >= 0.3 is 5.97 Å². The number of hydrogen-bond acceptors (Lipinski definition) is 5. The number of aryl methyl sites for hydroxylation is 1. The molecule has 4 rings (SSSR count). The average molecular weight is 426 g/mol. The van der Waals surface area contributed by atoms with Crippen LogP contribution in [-0.2, 0) is 17.7 Å². The summed E-state index contributed by atoms with van der Waals surface area (Å²) in [6.45, 7) is 0.00913. The van der Waals surface area contributed by atoms with Gasteiger partial charge in [-0.1, -0.05) is 12.8 Å². The van der Waals surface area contributed by atoms with Gasteiger partial charge in [0.05, 0.1) is 16.5 Å². The van der Waals surface area contributed by atoms with Crippen molar-refractivity contribution in [2.75, 3.05) is 6.61 Å². The second kappa shape index (κ2) is 8.75. The Labute approximate surface area is 176 Å². The van der Waals surface area contributed by atoms with Crippen LogP contribution in [0.4, 0.5) is 8.78 Å². The fourth-order valence-corrected chi connectivity index (χ4v) is 3.69. The van der Waals surface area contributed by atoms with Crippen LogP contribution < -0.4 is 5.56 Å². The van der Waals surface area contributed by atoms with E-state index < -0.39 is 30.0 Å². The molecule has 3 aromatic rings. The Bertz CT molecular complexity index is 1240. The molecule has 0 saturated carbocycles. The highest BCUT2D eigenvalue weighted by Gasteiger charge is 2.17. The minimum Gasteiger partial charge on any atom is -0.454 e. The van der Waals surface area contributed by atoms with Crippen molar-refractivity contribution in [2.45, 2.75) is 38.6 Å². The van der Waals surface area contributed by atoms with Crippen LogP contribution in [0.5, 0.6) is 0 Å². The van der Waals surface area contributed by atoms with Gasteiger partial charge in [0.15, 0.2) is 24.0 Å². The van der Waals surface area contributed by atoms with Gasteiger partial charge in [0.25, 0.3) is 5.56 Å². The zero-order valence-corrected chi connectivity index (χ0v) is 16.7. The Kier molecular flexibility index (Phi) is 5.88. The number of nitrogens with zero attached hydrogens (tertiary/aromatic N) is 2. The van der Waals surface area contributed by atoms with E-state index in [4.69, 9.17) is 4.74 Å². The number of Topliss-reactive ketones (excluding diaryl/α,β-unsaturated/α-hetero) is 1. The van der Waals surface area contributed by atoms with Crippen molar-refractivity contribution in [3.05, 3.63) is 75.3 Å². The molecule has 1 aliphatic heterocycles. The zero-order valence-electron chi connectivity index (χ0n) is 16.7. The number of ketones is 1. The number of benzene rings is 2. The lowest BCUT2D eigenvalue weighted by atomic mass is 10.1. The van der Waals surface area contributed by atoms with Gasteiger partial charge in [-0.15, -0.1) is 0 Å². The highest BCUT2D eigenvalue weighted by molar-refractivity contribution is 6.00. The Morgan fingerprint density at radius 2 is 1.74 bits per heavy atom. The van der Waals surface area contributed by atoms with E-state index in [0.717, 1.165) is 43.9 Å². The van der Waals surface area contributed by atoms with Gasteiger partial charge in [0.1, 0.15) is 5.82 Å². The molecule has 1 aromatic heterocycles. The quantitative estimate of drug-likeness (QED) is 0.468. The van der Waals surface area contributed by atoms with E-state index >= 15 is 0 Å². The molecule has 0 saturated heterocycles. The molecule has 0 aliphatic carbocycles. The van der Waals surface area contributed by atoms with Crippen LogP contribution in [-0.4, -0.2) is 27.9 Å². The lowest BCUT2D eigenvalue weighted by Crippen LogP contribution is -2.26. The molecule has 0 N–H and O–H groups in total. The molecule has 6 nitrogen and oxygen atoms in total. The topological polar surface area (TPSA) is 78.3 Å². The minimum atomic E-state index is -1.15. The van der Waals surface area contributed by atoms with Crippen LogP contribution in [0.15, 0.2) is 41.2 Å². The molecule has 0 unspecified atom stereocenters. The first kappa shape index (κ1) is 20.8. The number of halogens is 2. The molecular weight excluding hydrogens is 406 g/mol. The summed E-state index contributed by atoms with van der Waals surface area (Å²) in [4.78, 5) is 41.9. The molecule has 160 valence electrons. The number of carbonyl (C=O) groups is 2. The Hall–Kier alpha value is -3.42. The van der Waals surface area contributed by atoms with Gasteiger partial charge in [-0.25, -0.2) is 18.6 Å². The van der Waals surface area contributed by atoms with E-state index in [9.17, 15) is 23.2 Å². The summed E-state index contributed by atoms with van der Waals surface area (Å²) in [5, 5.41) is 0.415. The van der Waals surface area contributed by atoms with Gasteiger partial charge in [-0.3, -0.25) is 14.2 Å². The Morgan fingerprint density at radius 3 is 2.55 bits per heavy atom. The first-order valence-corrected chi connectivity index (χ1v) is 10.1. The molecule has 0 fully saturated rings. The number of fused-ring (bicyclic) bond motifs is 2. The van der Waals surface area contributed by atoms with Crippen molar-refractivity contribution >= 4 is 22.7 Å². The molecule has 0 amide bonds. The molecule has 0 radical (unpaired) electrons. The summed E-state index contributed by atoms with van der Waals surface area (Å²) in [5.74, 6) is -2.95. The molecule has 0 bridgehead atoms. The van der Waals surface area contributed by atoms with E-state index in [-0.39, 0.29) is 16.7 Å². The smallest absolute Gasteiger partial charge is 0.338 e. The second-order valence-corrected chi connectivity index (χ2v) is 7.51. The lowest BCUT2D eigenvalue weighted by molar-refractivity contribution is 0.0475. The largest absolute Gasteiger partial charge is 0.454 e. The van der Waals surface area contributed by atoms with Crippen molar-refractivity contribution in [1.82, 2.24) is 9.55 Å². The molecule has 8 heteroatoms. The van der Waals surface area contributed by atoms with Crippen molar-refractivity contribution in [1.29, 1.82) is 0 Å². The molecule has 0 atom stereocenters. The second-order valence-electron chi connectivity index (χ2n) is 7.51. The van der Waals surface area contributed by atoms with Gasteiger partial charge < -0.3 is 4.74 Å². The van der Waals surface area contributed by atoms with E-state index in [1.807, 2.05) is 0 Å². The number of rotatable bonds is 4. The summed E-state index contributed by atoms with van der Waals surface area (Å²) in [7, 11) is 0. The maximum atomic E-state index is 13.3. The van der Waals surface area contributed by atoms with Crippen LogP contribution in [0.25, 0.3) is 10.9 Å². The van der Waals surface area contributed by atoms with Crippen LogP contribution in [0.3, 0.4) is 0 Å². The number of aromatic nitrogens is 2. The van der Waals surface area contributed by atoms with Crippen molar-refractivity contribution in [2.24, 2.45) is 0 Å². The number of ether oxygens (including phenoxy) is 1. The first-order valence-electron chi connectivity index (χ1n) is 10.1. The third-order valence-electron chi connectivity index (χ3n) is 5.38. The van der Waals surface area contributed by atoms with Gasteiger partial charge in [0.2, 0.25) is 0 Å². The fraction of sp³-hybridized carbons (Fsp3) is 0.304. The Morgan fingerprint density at radius 1 is 0.968 bits per heavy atom. The summed E-state index contributed by atoms with van der Waals surface area (Å²) in [5.41, 5.74) is 0.320. The maximum Gasteiger partial charge on any atom is 0.338 e. The van der Waals surface area contributed by atoms with Crippen LogP contribution in [0.1, 0.15) is 52.2 Å². The highest BCUT2D eigenvalue weighted by atomic mass is 19.2. The van der Waals surface area contributed by atoms with Crippen LogP contribution >= 0.6 is 0 Å². The van der Waals surface area contributed by atoms with Crippen molar-refractivity contribution in [3.8, 4) is 0 Å².